The first kappa shape index (κ1) is 21.8. The highest BCUT2D eigenvalue weighted by atomic mass is 19.1. The lowest BCUT2D eigenvalue weighted by molar-refractivity contribution is -0.928. The summed E-state index contributed by atoms with van der Waals surface area (Å²) in [5.74, 6) is 0.333. The minimum Gasteiger partial charge on any atom is -0.391 e. The van der Waals surface area contributed by atoms with Crippen LogP contribution in [-0.2, 0) is 26.1 Å². The lowest BCUT2D eigenvalue weighted by atomic mass is 10.1. The fourth-order valence-corrected chi connectivity index (χ4v) is 3.78. The van der Waals surface area contributed by atoms with E-state index in [1.165, 1.54) is 17.7 Å². The van der Waals surface area contributed by atoms with Gasteiger partial charge in [0.05, 0.1) is 18.7 Å². The largest absolute Gasteiger partial charge is 0.391 e. The van der Waals surface area contributed by atoms with Gasteiger partial charge in [-0.25, -0.2) is 9.07 Å². The standard InChI is InChI=1S/C23H25FN6O2/c1-2-16-5-8-21-18(11-16)12-19(23(32)25-21)14-29(9-10-31)15-22-26-27-28-30(22)13-17-3-6-20(24)7-4-17/h3-8,11-12,31H,2,9-10,13-15H2,1H3,(H,25,32)/p+1. The summed E-state index contributed by atoms with van der Waals surface area (Å²) in [5, 5.41) is 22.5. The van der Waals surface area contributed by atoms with Gasteiger partial charge in [0, 0.05) is 5.52 Å². The number of halogens is 1. The molecule has 4 rings (SSSR count). The Morgan fingerprint density at radius 1 is 1.09 bits per heavy atom. The van der Waals surface area contributed by atoms with Crippen LogP contribution in [0.5, 0.6) is 0 Å². The third-order valence-electron chi connectivity index (χ3n) is 5.56. The van der Waals surface area contributed by atoms with Crippen molar-refractivity contribution in [1.82, 2.24) is 25.2 Å². The number of aliphatic hydroxyl groups excluding tert-OH is 1. The first-order chi connectivity index (χ1) is 15.6. The van der Waals surface area contributed by atoms with E-state index in [9.17, 15) is 14.3 Å². The van der Waals surface area contributed by atoms with Crippen LogP contribution in [0.4, 0.5) is 4.39 Å². The third kappa shape index (κ3) is 5.06. The summed E-state index contributed by atoms with van der Waals surface area (Å²) in [5.41, 5.74) is 3.40. The van der Waals surface area contributed by atoms with E-state index < -0.39 is 0 Å². The molecule has 0 aliphatic rings. The van der Waals surface area contributed by atoms with Gasteiger partial charge in [0.25, 0.3) is 5.56 Å². The van der Waals surface area contributed by atoms with Gasteiger partial charge in [-0.15, -0.1) is 5.10 Å². The topological polar surface area (TPSA) is 101 Å². The fraction of sp³-hybridized carbons (Fsp3) is 0.304. The van der Waals surface area contributed by atoms with Crippen molar-refractivity contribution in [2.24, 2.45) is 0 Å². The maximum Gasteiger partial charge on any atom is 0.257 e. The van der Waals surface area contributed by atoms with Crippen molar-refractivity contribution in [3.05, 3.63) is 87.2 Å². The van der Waals surface area contributed by atoms with Crippen LogP contribution in [0.3, 0.4) is 0 Å². The molecule has 0 radical (unpaired) electrons. The number of rotatable bonds is 9. The van der Waals surface area contributed by atoms with Crippen molar-refractivity contribution in [3.8, 4) is 0 Å². The Kier molecular flexibility index (Phi) is 6.67. The van der Waals surface area contributed by atoms with Crippen molar-refractivity contribution in [1.29, 1.82) is 0 Å². The van der Waals surface area contributed by atoms with Gasteiger partial charge in [-0.3, -0.25) is 4.79 Å². The Morgan fingerprint density at radius 2 is 1.88 bits per heavy atom. The minimum absolute atomic E-state index is 0.0275. The van der Waals surface area contributed by atoms with E-state index in [0.717, 1.165) is 27.8 Å². The summed E-state index contributed by atoms with van der Waals surface area (Å²) in [6.45, 7) is 3.77. The highest BCUT2D eigenvalue weighted by Gasteiger charge is 2.18. The zero-order valence-corrected chi connectivity index (χ0v) is 17.9. The van der Waals surface area contributed by atoms with Gasteiger partial charge in [0.15, 0.2) is 0 Å². The van der Waals surface area contributed by atoms with E-state index in [1.54, 1.807) is 16.8 Å². The summed E-state index contributed by atoms with van der Waals surface area (Å²) in [7, 11) is 0. The summed E-state index contributed by atoms with van der Waals surface area (Å²) >= 11 is 0. The van der Waals surface area contributed by atoms with Gasteiger partial charge in [0.1, 0.15) is 25.5 Å². The Hall–Kier alpha value is -3.43. The lowest BCUT2D eigenvalue weighted by Crippen LogP contribution is -3.10. The van der Waals surface area contributed by atoms with E-state index in [-0.39, 0.29) is 18.0 Å². The molecule has 2 aromatic carbocycles. The predicted octanol–water partition coefficient (Wildman–Crippen LogP) is 0.842. The number of aryl methyl sites for hydroxylation is 1. The van der Waals surface area contributed by atoms with E-state index in [2.05, 4.69) is 33.5 Å². The van der Waals surface area contributed by atoms with Crippen molar-refractivity contribution >= 4 is 10.9 Å². The molecular formula is C23H26FN6O2+. The van der Waals surface area contributed by atoms with Gasteiger partial charge in [0.2, 0.25) is 5.82 Å². The molecule has 0 saturated carbocycles. The summed E-state index contributed by atoms with van der Waals surface area (Å²) in [6, 6.07) is 14.1. The number of tetrazole rings is 1. The molecule has 4 aromatic rings. The number of hydrogen-bond acceptors (Lipinski definition) is 5. The van der Waals surface area contributed by atoms with E-state index in [0.29, 0.717) is 37.6 Å². The highest BCUT2D eigenvalue weighted by Crippen LogP contribution is 2.14. The fourth-order valence-electron chi connectivity index (χ4n) is 3.78. The molecule has 166 valence electrons. The summed E-state index contributed by atoms with van der Waals surface area (Å²) in [4.78, 5) is 16.6. The predicted molar refractivity (Wildman–Crippen MR) is 118 cm³/mol. The molecule has 2 aromatic heterocycles. The van der Waals surface area contributed by atoms with Crippen LogP contribution in [0.2, 0.25) is 0 Å². The van der Waals surface area contributed by atoms with Gasteiger partial charge in [-0.1, -0.05) is 25.1 Å². The number of nitrogens with zero attached hydrogens (tertiary/aromatic N) is 4. The maximum absolute atomic E-state index is 13.2. The van der Waals surface area contributed by atoms with E-state index in [4.69, 9.17) is 0 Å². The molecule has 3 N–H and O–H groups in total. The number of aromatic amines is 1. The molecule has 0 aliphatic carbocycles. The number of aromatic nitrogens is 5. The van der Waals surface area contributed by atoms with Crippen molar-refractivity contribution in [3.63, 3.8) is 0 Å². The van der Waals surface area contributed by atoms with E-state index >= 15 is 0 Å². The number of hydrogen-bond donors (Lipinski definition) is 3. The number of aliphatic hydroxyl groups is 1. The van der Waals surface area contributed by atoms with Crippen LogP contribution in [-0.4, -0.2) is 43.4 Å². The van der Waals surface area contributed by atoms with Gasteiger partial charge in [-0.2, -0.15) is 0 Å². The molecule has 1 unspecified atom stereocenters. The number of fused-ring (bicyclic) bond motifs is 1. The van der Waals surface area contributed by atoms with Gasteiger partial charge < -0.3 is 15.0 Å². The normalized spacial score (nSPS) is 12.3. The van der Waals surface area contributed by atoms with Crippen molar-refractivity contribution < 1.29 is 14.4 Å². The lowest BCUT2D eigenvalue weighted by Gasteiger charge is -2.18. The average molecular weight is 437 g/mol. The molecule has 0 fully saturated rings. The molecule has 2 heterocycles. The Morgan fingerprint density at radius 3 is 2.62 bits per heavy atom. The molecular weight excluding hydrogens is 411 g/mol. The minimum atomic E-state index is -0.295. The summed E-state index contributed by atoms with van der Waals surface area (Å²) < 4.78 is 14.8. The van der Waals surface area contributed by atoms with Crippen molar-refractivity contribution in [2.75, 3.05) is 13.2 Å². The smallest absolute Gasteiger partial charge is 0.257 e. The SMILES string of the molecule is CCc1ccc2[nH]c(=O)c(C[NH+](CCO)Cc3nnnn3Cc3ccc(F)cc3)cc2c1. The van der Waals surface area contributed by atoms with Crippen LogP contribution in [0.15, 0.2) is 53.3 Å². The van der Waals surface area contributed by atoms with Crippen LogP contribution in [0, 0.1) is 5.82 Å². The first-order valence-corrected chi connectivity index (χ1v) is 10.6. The molecule has 0 bridgehead atoms. The quantitative estimate of drug-likeness (QED) is 0.360. The third-order valence-corrected chi connectivity index (χ3v) is 5.56. The van der Waals surface area contributed by atoms with Gasteiger partial charge >= 0.3 is 0 Å². The monoisotopic (exact) mass is 437 g/mol. The second-order valence-electron chi connectivity index (χ2n) is 7.86. The Labute approximate surface area is 184 Å². The molecule has 0 amide bonds. The number of quaternary nitrogens is 1. The Bertz CT molecular complexity index is 1250. The molecule has 9 heteroatoms. The zero-order chi connectivity index (χ0) is 22.5. The van der Waals surface area contributed by atoms with Crippen LogP contribution >= 0.6 is 0 Å². The molecule has 8 nitrogen and oxygen atoms in total. The van der Waals surface area contributed by atoms with Crippen LogP contribution in [0.25, 0.3) is 10.9 Å². The number of nitrogens with one attached hydrogen (secondary N) is 2. The molecule has 0 aliphatic heterocycles. The highest BCUT2D eigenvalue weighted by molar-refractivity contribution is 5.79. The van der Waals surface area contributed by atoms with E-state index in [1.807, 2.05) is 18.2 Å². The second kappa shape index (κ2) is 9.80. The number of benzene rings is 2. The molecule has 0 spiro atoms. The first-order valence-electron chi connectivity index (χ1n) is 10.6. The molecule has 1 atom stereocenters. The van der Waals surface area contributed by atoms with Crippen LogP contribution in [0.1, 0.15) is 29.4 Å². The number of pyridine rings is 1. The molecule has 32 heavy (non-hydrogen) atoms. The van der Waals surface area contributed by atoms with Gasteiger partial charge in [-0.05, 0) is 63.7 Å². The second-order valence-corrected chi connectivity index (χ2v) is 7.86. The van der Waals surface area contributed by atoms with Crippen molar-refractivity contribution in [2.45, 2.75) is 33.0 Å². The maximum atomic E-state index is 13.2. The molecule has 0 saturated heterocycles. The average Bonchev–Trinajstić information content (AvgIpc) is 3.22. The van der Waals surface area contributed by atoms with Crippen LogP contribution < -0.4 is 10.5 Å². The zero-order valence-electron chi connectivity index (χ0n) is 17.9. The number of H-pyrrole nitrogens is 1. The Balaban J connectivity index is 1.55. The summed E-state index contributed by atoms with van der Waals surface area (Å²) in [6.07, 6.45) is 0.920.